The summed E-state index contributed by atoms with van der Waals surface area (Å²) in [4.78, 5) is 87.6. The van der Waals surface area contributed by atoms with Gasteiger partial charge in [-0.1, -0.05) is 36.4 Å². The molecule has 0 spiro atoms. The fourth-order valence-electron chi connectivity index (χ4n) is 5.68. The van der Waals surface area contributed by atoms with E-state index in [9.17, 15) is 38.7 Å². The molecule has 292 valence electrons. The largest absolute Gasteiger partial charge is 0.463 e. The average molecular weight is 761 g/mol. The van der Waals surface area contributed by atoms with E-state index in [-0.39, 0.29) is 11.1 Å². The molecule has 1 N–H and O–H groups in total. The molecule has 0 saturated carbocycles. The summed E-state index contributed by atoms with van der Waals surface area (Å²) >= 11 is 0. The number of ether oxygens (including phenoxy) is 10. The number of aliphatic hydroxyl groups is 1. The number of hydrogen-bond donors (Lipinski definition) is 1. The fourth-order valence-corrected chi connectivity index (χ4v) is 5.68. The lowest BCUT2D eigenvalue weighted by Gasteiger charge is -2.48. The molecule has 18 heteroatoms. The van der Waals surface area contributed by atoms with Crippen LogP contribution in [0.3, 0.4) is 0 Å². The first-order valence-corrected chi connectivity index (χ1v) is 16.6. The van der Waals surface area contributed by atoms with Crippen LogP contribution in [0.5, 0.6) is 0 Å². The third kappa shape index (κ3) is 11.3. The van der Waals surface area contributed by atoms with E-state index in [4.69, 9.17) is 47.4 Å². The van der Waals surface area contributed by atoms with Crippen molar-refractivity contribution < 1.29 is 86.0 Å². The third-order valence-electron chi connectivity index (χ3n) is 7.79. The summed E-state index contributed by atoms with van der Waals surface area (Å²) in [6.45, 7) is 3.96. The highest BCUT2D eigenvalue weighted by atomic mass is 16.8. The number of aliphatic hydroxyl groups excluding tert-OH is 1. The summed E-state index contributed by atoms with van der Waals surface area (Å²) in [6, 6.07) is 15.4. The molecule has 2 aromatic carbocycles. The van der Waals surface area contributed by atoms with Crippen LogP contribution in [0, 0.1) is 0 Å². The molecule has 0 amide bonds. The highest BCUT2D eigenvalue weighted by Crippen LogP contribution is 2.35. The molecule has 2 aliphatic rings. The van der Waals surface area contributed by atoms with Crippen molar-refractivity contribution in [2.24, 2.45) is 0 Å². The average Bonchev–Trinajstić information content (AvgIpc) is 3.11. The van der Waals surface area contributed by atoms with Crippen molar-refractivity contribution in [3.8, 4) is 0 Å². The topological polar surface area (TPSA) is 232 Å². The third-order valence-corrected chi connectivity index (χ3v) is 7.79. The van der Waals surface area contributed by atoms with Crippen LogP contribution in [0.1, 0.15) is 55.3 Å². The molecule has 2 aliphatic heterocycles. The Hall–Kier alpha value is -5.43. The van der Waals surface area contributed by atoms with E-state index < -0.39 is 116 Å². The van der Waals surface area contributed by atoms with Crippen molar-refractivity contribution in [3.05, 3.63) is 71.8 Å². The van der Waals surface area contributed by atoms with Gasteiger partial charge in [0.25, 0.3) is 0 Å². The van der Waals surface area contributed by atoms with Gasteiger partial charge >= 0.3 is 41.8 Å². The first-order chi connectivity index (χ1) is 25.6. The van der Waals surface area contributed by atoms with E-state index in [0.717, 1.165) is 34.6 Å². The summed E-state index contributed by atoms with van der Waals surface area (Å²) in [6.07, 6.45) is -17.1. The molecule has 0 radical (unpaired) electrons. The predicted molar refractivity (Wildman–Crippen MR) is 176 cm³/mol. The number of hydrogen-bond acceptors (Lipinski definition) is 18. The van der Waals surface area contributed by atoms with Crippen molar-refractivity contribution in [1.29, 1.82) is 0 Å². The lowest BCUT2D eigenvalue weighted by Crippen LogP contribution is -2.67. The molecule has 4 rings (SSSR count). The standard InChI is InChI=1S/C36H40O18/c1-18(37)45-16-26-28(48-20(3)39)30(49-21(4)40)32(50-22(5)41)36(52-26)54-29-27(47-19(2)38)25(17-46-33(42)23-12-8-6-9-13-23)51-35(44)31(29)53-34(43)24-14-10-7-11-15-24/h6-15,25-32,35-36,44H,16-17H2,1-5H3/t25-,26-,27+,28+,29+,30+,31-,32-,35-,36-/m1/s1. The highest BCUT2D eigenvalue weighted by molar-refractivity contribution is 5.90. The Labute approximate surface area is 308 Å². The normalized spacial score (nSPS) is 27.7. The van der Waals surface area contributed by atoms with Gasteiger partial charge in [0.2, 0.25) is 0 Å². The van der Waals surface area contributed by atoms with E-state index >= 15 is 0 Å². The summed E-state index contributed by atoms with van der Waals surface area (Å²) in [7, 11) is 0. The van der Waals surface area contributed by atoms with Gasteiger partial charge < -0.3 is 52.5 Å². The zero-order chi connectivity index (χ0) is 39.5. The maximum atomic E-state index is 13.3. The zero-order valence-corrected chi connectivity index (χ0v) is 29.8. The van der Waals surface area contributed by atoms with Crippen LogP contribution in [0.15, 0.2) is 60.7 Å². The molecule has 2 saturated heterocycles. The summed E-state index contributed by atoms with van der Waals surface area (Å²) in [5.41, 5.74) is 0.205. The minimum Gasteiger partial charge on any atom is -0.463 e. The Morgan fingerprint density at radius 1 is 0.500 bits per heavy atom. The molecule has 0 unspecified atom stereocenters. The summed E-state index contributed by atoms with van der Waals surface area (Å²) < 4.78 is 56.2. The van der Waals surface area contributed by atoms with Gasteiger partial charge in [0.05, 0.1) is 11.1 Å². The monoisotopic (exact) mass is 760 g/mol. The Morgan fingerprint density at radius 2 is 0.944 bits per heavy atom. The molecule has 0 aromatic heterocycles. The second-order valence-electron chi connectivity index (χ2n) is 12.0. The van der Waals surface area contributed by atoms with E-state index in [1.54, 1.807) is 36.4 Å². The Bertz CT molecular complexity index is 1650. The van der Waals surface area contributed by atoms with Gasteiger partial charge in [0, 0.05) is 34.6 Å². The van der Waals surface area contributed by atoms with Gasteiger partial charge in [-0.15, -0.1) is 0 Å². The van der Waals surface area contributed by atoms with Crippen molar-refractivity contribution >= 4 is 41.8 Å². The van der Waals surface area contributed by atoms with Crippen molar-refractivity contribution in [2.75, 3.05) is 13.2 Å². The molecule has 0 aliphatic carbocycles. The van der Waals surface area contributed by atoms with E-state index in [1.165, 1.54) is 24.3 Å². The minimum absolute atomic E-state index is 0.0405. The van der Waals surface area contributed by atoms with Crippen LogP contribution in [-0.4, -0.2) is 122 Å². The molecule has 2 fully saturated rings. The molecule has 2 aromatic rings. The van der Waals surface area contributed by atoms with Crippen molar-refractivity contribution in [1.82, 2.24) is 0 Å². The van der Waals surface area contributed by atoms with Gasteiger partial charge in [-0.25, -0.2) is 9.59 Å². The smallest absolute Gasteiger partial charge is 0.338 e. The van der Waals surface area contributed by atoms with Gasteiger partial charge in [-0.2, -0.15) is 0 Å². The first kappa shape index (κ1) is 41.3. The van der Waals surface area contributed by atoms with Crippen LogP contribution in [0.2, 0.25) is 0 Å². The van der Waals surface area contributed by atoms with E-state index in [1.807, 2.05) is 0 Å². The van der Waals surface area contributed by atoms with Gasteiger partial charge in [0.1, 0.15) is 31.5 Å². The zero-order valence-electron chi connectivity index (χ0n) is 29.8. The van der Waals surface area contributed by atoms with Gasteiger partial charge in [-0.05, 0) is 24.3 Å². The number of esters is 7. The Morgan fingerprint density at radius 3 is 1.46 bits per heavy atom. The van der Waals surface area contributed by atoms with E-state index in [0.29, 0.717) is 0 Å². The second kappa shape index (κ2) is 19.1. The van der Waals surface area contributed by atoms with Crippen LogP contribution in [-0.2, 0) is 71.3 Å². The SMILES string of the molecule is CC(=O)OC[C@H]1O[C@H](O[C@@H]2[C@@H](OC(=O)c3ccccc3)[C@H](O)O[C@H](COC(=O)c3ccccc3)[C@@H]2OC(C)=O)[C@H](OC(C)=O)[C@@H](OC(C)=O)[C@H]1OC(C)=O. The highest BCUT2D eigenvalue weighted by Gasteiger charge is 2.57. The Kier molecular flexibility index (Phi) is 14.6. The number of carbonyl (C=O) groups is 7. The molecule has 10 atom stereocenters. The number of rotatable bonds is 13. The molecular formula is C36H40O18. The lowest BCUT2D eigenvalue weighted by atomic mass is 9.96. The lowest BCUT2D eigenvalue weighted by molar-refractivity contribution is -0.356. The fraction of sp³-hybridized carbons (Fsp3) is 0.472. The minimum atomic E-state index is -2.04. The summed E-state index contributed by atoms with van der Waals surface area (Å²) in [5.74, 6) is -6.21. The number of carbonyl (C=O) groups excluding carboxylic acids is 7. The molecule has 18 nitrogen and oxygen atoms in total. The first-order valence-electron chi connectivity index (χ1n) is 16.6. The molecular weight excluding hydrogens is 720 g/mol. The predicted octanol–water partition coefficient (Wildman–Crippen LogP) is 1.19. The maximum absolute atomic E-state index is 13.3. The second-order valence-corrected chi connectivity index (χ2v) is 12.0. The number of benzene rings is 2. The summed E-state index contributed by atoms with van der Waals surface area (Å²) in [5, 5.41) is 11.3. The van der Waals surface area contributed by atoms with Crippen molar-refractivity contribution in [3.63, 3.8) is 0 Å². The van der Waals surface area contributed by atoms with Gasteiger partial charge in [0.15, 0.2) is 43.1 Å². The van der Waals surface area contributed by atoms with Crippen LogP contribution < -0.4 is 0 Å². The molecule has 0 bridgehead atoms. The van der Waals surface area contributed by atoms with Crippen LogP contribution >= 0.6 is 0 Å². The van der Waals surface area contributed by atoms with Crippen LogP contribution in [0.25, 0.3) is 0 Å². The quantitative estimate of drug-likeness (QED) is 0.223. The molecule has 2 heterocycles. The maximum Gasteiger partial charge on any atom is 0.338 e. The van der Waals surface area contributed by atoms with Gasteiger partial charge in [-0.3, -0.25) is 24.0 Å². The molecule has 54 heavy (non-hydrogen) atoms. The van der Waals surface area contributed by atoms with E-state index in [2.05, 4.69) is 0 Å². The van der Waals surface area contributed by atoms with Crippen LogP contribution in [0.4, 0.5) is 0 Å². The Balaban J connectivity index is 1.79. The van der Waals surface area contributed by atoms with Crippen molar-refractivity contribution in [2.45, 2.75) is 96.0 Å².